The molecular formula is C22H19N5O4S. The second-order valence-electron chi connectivity index (χ2n) is 6.68. The maximum Gasteiger partial charge on any atom is 0.320 e. The molecule has 4 rings (SSSR count). The number of aryl methyl sites for hydroxylation is 1. The first-order valence-corrected chi connectivity index (χ1v) is 10.6. The SMILES string of the molecule is COc1cccc(/C=C2/N=C(SC/C([O-])=N/c3c[n+](C)no3)N(c3ccccc3)C2=O)c1. The molecule has 0 spiro atoms. The molecule has 32 heavy (non-hydrogen) atoms. The lowest BCUT2D eigenvalue weighted by atomic mass is 10.2. The van der Waals surface area contributed by atoms with Crippen LogP contribution in [0.4, 0.5) is 11.6 Å². The monoisotopic (exact) mass is 449 g/mol. The van der Waals surface area contributed by atoms with Crippen LogP contribution in [-0.4, -0.2) is 35.1 Å². The van der Waals surface area contributed by atoms with E-state index in [1.54, 1.807) is 20.2 Å². The fourth-order valence-corrected chi connectivity index (χ4v) is 3.73. The molecule has 2 heterocycles. The summed E-state index contributed by atoms with van der Waals surface area (Å²) in [6.45, 7) is 0. The Balaban J connectivity index is 1.61. The third kappa shape index (κ3) is 4.86. The number of para-hydroxylation sites is 1. The Kier molecular flexibility index (Phi) is 6.31. The molecule has 1 aliphatic rings. The molecule has 0 saturated carbocycles. The molecule has 0 unspecified atom stereocenters. The Morgan fingerprint density at radius 3 is 2.81 bits per heavy atom. The number of nitrogens with zero attached hydrogens (tertiary/aromatic N) is 5. The highest BCUT2D eigenvalue weighted by molar-refractivity contribution is 8.14. The van der Waals surface area contributed by atoms with Crippen molar-refractivity contribution in [1.29, 1.82) is 0 Å². The van der Waals surface area contributed by atoms with Crippen molar-refractivity contribution in [2.45, 2.75) is 0 Å². The number of aromatic nitrogens is 2. The smallest absolute Gasteiger partial charge is 0.320 e. The van der Waals surface area contributed by atoms with Crippen molar-refractivity contribution in [3.05, 3.63) is 72.1 Å². The predicted molar refractivity (Wildman–Crippen MR) is 120 cm³/mol. The number of rotatable bonds is 6. The van der Waals surface area contributed by atoms with Crippen molar-refractivity contribution in [3.63, 3.8) is 0 Å². The van der Waals surface area contributed by atoms with E-state index >= 15 is 0 Å². The van der Waals surface area contributed by atoms with E-state index in [-0.39, 0.29) is 23.2 Å². The molecule has 1 aromatic heterocycles. The summed E-state index contributed by atoms with van der Waals surface area (Å²) in [6, 6.07) is 16.5. The van der Waals surface area contributed by atoms with Gasteiger partial charge in [-0.25, -0.2) is 9.98 Å². The second kappa shape index (κ2) is 9.48. The highest BCUT2D eigenvalue weighted by Gasteiger charge is 2.31. The fourth-order valence-electron chi connectivity index (χ4n) is 2.93. The molecule has 0 aliphatic carbocycles. The van der Waals surface area contributed by atoms with Gasteiger partial charge in [0.15, 0.2) is 17.5 Å². The van der Waals surface area contributed by atoms with E-state index in [1.807, 2.05) is 54.6 Å². The molecule has 1 aliphatic heterocycles. The zero-order chi connectivity index (χ0) is 22.5. The molecular weight excluding hydrogens is 430 g/mol. The van der Waals surface area contributed by atoms with E-state index in [2.05, 4.69) is 15.3 Å². The van der Waals surface area contributed by atoms with E-state index < -0.39 is 5.90 Å². The molecule has 162 valence electrons. The van der Waals surface area contributed by atoms with Gasteiger partial charge < -0.3 is 9.84 Å². The van der Waals surface area contributed by atoms with Gasteiger partial charge in [-0.1, -0.05) is 46.8 Å². The first-order valence-electron chi connectivity index (χ1n) is 9.57. The van der Waals surface area contributed by atoms with Crippen molar-refractivity contribution in [3.8, 4) is 5.75 Å². The minimum Gasteiger partial charge on any atom is -0.861 e. The van der Waals surface area contributed by atoms with Crippen LogP contribution in [0.3, 0.4) is 0 Å². The van der Waals surface area contributed by atoms with Crippen molar-refractivity contribution < 1.29 is 23.8 Å². The quantitative estimate of drug-likeness (QED) is 0.247. The van der Waals surface area contributed by atoms with E-state index in [0.717, 1.165) is 17.3 Å². The maximum absolute atomic E-state index is 13.2. The molecule has 10 heteroatoms. The number of amides is 1. The number of benzene rings is 2. The predicted octanol–water partition coefficient (Wildman–Crippen LogP) is 2.08. The molecule has 0 bridgehead atoms. The minimum absolute atomic E-state index is 0.0215. The largest absolute Gasteiger partial charge is 0.861 e. The van der Waals surface area contributed by atoms with Crippen molar-refractivity contribution in [2.75, 3.05) is 17.8 Å². The third-order valence-electron chi connectivity index (χ3n) is 4.36. The van der Waals surface area contributed by atoms with Gasteiger partial charge in [0.25, 0.3) is 12.1 Å². The molecule has 1 amide bonds. The molecule has 0 fully saturated rings. The fraction of sp³-hybridized carbons (Fsp3) is 0.136. The van der Waals surface area contributed by atoms with Gasteiger partial charge in [-0.15, -0.1) is 0 Å². The number of amidine groups is 1. The second-order valence-corrected chi connectivity index (χ2v) is 7.63. The number of hydrogen-bond acceptors (Lipinski definition) is 8. The van der Waals surface area contributed by atoms with Crippen LogP contribution >= 0.6 is 11.8 Å². The van der Waals surface area contributed by atoms with Gasteiger partial charge in [-0.3, -0.25) is 14.2 Å². The van der Waals surface area contributed by atoms with Crippen LogP contribution < -0.4 is 19.4 Å². The summed E-state index contributed by atoms with van der Waals surface area (Å²) >= 11 is 1.12. The zero-order valence-corrected chi connectivity index (χ0v) is 18.2. The Bertz CT molecular complexity index is 1220. The van der Waals surface area contributed by atoms with Crippen LogP contribution in [0.15, 0.2) is 81.0 Å². The van der Waals surface area contributed by atoms with Gasteiger partial charge in [-0.2, -0.15) is 0 Å². The Morgan fingerprint density at radius 2 is 2.09 bits per heavy atom. The normalized spacial score (nSPS) is 15.4. The summed E-state index contributed by atoms with van der Waals surface area (Å²) in [7, 11) is 3.24. The summed E-state index contributed by atoms with van der Waals surface area (Å²) in [5.74, 6) is 0.0532. The lowest BCUT2D eigenvalue weighted by Gasteiger charge is -2.18. The lowest BCUT2D eigenvalue weighted by molar-refractivity contribution is -0.739. The molecule has 2 aromatic carbocycles. The molecule has 0 radical (unpaired) electrons. The number of hydrogen-bond donors (Lipinski definition) is 0. The summed E-state index contributed by atoms with van der Waals surface area (Å²) in [5, 5.41) is 16.3. The summed E-state index contributed by atoms with van der Waals surface area (Å²) in [5.41, 5.74) is 1.70. The summed E-state index contributed by atoms with van der Waals surface area (Å²) in [6.07, 6.45) is 3.18. The van der Waals surface area contributed by atoms with Gasteiger partial charge in [0.2, 0.25) is 0 Å². The number of methoxy groups -OCH3 is 1. The number of aliphatic imine (C=N–C) groups is 2. The van der Waals surface area contributed by atoms with Gasteiger partial charge >= 0.3 is 5.88 Å². The first kappa shape index (κ1) is 21.3. The van der Waals surface area contributed by atoms with Gasteiger partial charge in [0.05, 0.1) is 12.8 Å². The number of ether oxygens (including phenoxy) is 1. The van der Waals surface area contributed by atoms with Crippen molar-refractivity contribution in [1.82, 2.24) is 5.27 Å². The van der Waals surface area contributed by atoms with Gasteiger partial charge in [0.1, 0.15) is 11.4 Å². The Labute approximate surface area is 188 Å². The average molecular weight is 449 g/mol. The average Bonchev–Trinajstić information content (AvgIpc) is 3.35. The molecule has 0 saturated heterocycles. The van der Waals surface area contributed by atoms with Crippen LogP contribution in [0.1, 0.15) is 5.56 Å². The van der Waals surface area contributed by atoms with Crippen LogP contribution in [0.25, 0.3) is 6.08 Å². The minimum atomic E-state index is -0.430. The van der Waals surface area contributed by atoms with Gasteiger partial charge in [-0.05, 0) is 41.8 Å². The van der Waals surface area contributed by atoms with E-state index in [1.165, 1.54) is 15.8 Å². The van der Waals surface area contributed by atoms with Crippen LogP contribution in [0, 0.1) is 0 Å². The number of anilines is 1. The van der Waals surface area contributed by atoms with Crippen molar-refractivity contribution in [2.24, 2.45) is 17.0 Å². The van der Waals surface area contributed by atoms with Crippen LogP contribution in [0.2, 0.25) is 0 Å². The lowest BCUT2D eigenvalue weighted by Crippen LogP contribution is -2.31. The molecule has 3 aromatic rings. The van der Waals surface area contributed by atoms with E-state index in [0.29, 0.717) is 16.6 Å². The van der Waals surface area contributed by atoms with Gasteiger partial charge in [0, 0.05) is 5.75 Å². The highest BCUT2D eigenvalue weighted by Crippen LogP contribution is 2.29. The molecule has 0 N–H and O–H groups in total. The topological polar surface area (TPSA) is 107 Å². The first-order chi connectivity index (χ1) is 15.5. The molecule has 9 nitrogen and oxygen atoms in total. The molecule has 0 atom stereocenters. The zero-order valence-electron chi connectivity index (χ0n) is 17.3. The summed E-state index contributed by atoms with van der Waals surface area (Å²) < 4.78 is 11.6. The highest BCUT2D eigenvalue weighted by atomic mass is 32.2. The van der Waals surface area contributed by atoms with Crippen molar-refractivity contribution >= 4 is 46.4 Å². The Hall–Kier alpha value is -3.92. The van der Waals surface area contributed by atoms with E-state index in [4.69, 9.17) is 9.26 Å². The standard InChI is InChI=1S/C22H19N5O4S/c1-26-13-20(31-25-26)24-19(28)14-32-22-23-18(12-15-7-6-10-17(11-15)30-2)21(29)27(22)16-8-4-3-5-9-16/h3-13H,14H2,1-2H3/b18-12+. The Morgan fingerprint density at radius 1 is 1.28 bits per heavy atom. The van der Waals surface area contributed by atoms with E-state index in [9.17, 15) is 9.90 Å². The number of carbonyl (C=O) groups excluding carboxylic acids is 1. The summed E-state index contributed by atoms with van der Waals surface area (Å²) in [4.78, 5) is 23.0. The maximum atomic E-state index is 13.2. The van der Waals surface area contributed by atoms with Crippen LogP contribution in [0.5, 0.6) is 5.75 Å². The number of thioether (sulfide) groups is 1. The third-order valence-corrected chi connectivity index (χ3v) is 5.28. The van der Waals surface area contributed by atoms with Crippen LogP contribution in [-0.2, 0) is 11.8 Å². The number of carbonyl (C=O) groups is 1.